The van der Waals surface area contributed by atoms with Crippen LogP contribution in [0.15, 0.2) is 72.8 Å². The maximum absolute atomic E-state index is 13.6. The molecule has 0 aliphatic rings. The van der Waals surface area contributed by atoms with Crippen molar-refractivity contribution >= 4 is 53.2 Å². The highest BCUT2D eigenvalue weighted by atomic mass is 16.4. The number of nitrogens with two attached hydrogens (primary N) is 1. The van der Waals surface area contributed by atoms with Crippen LogP contribution in [0.5, 0.6) is 0 Å². The van der Waals surface area contributed by atoms with Gasteiger partial charge in [-0.3, -0.25) is 38.4 Å². The average molecular weight is 779 g/mol. The summed E-state index contributed by atoms with van der Waals surface area (Å²) < 4.78 is 0. The van der Waals surface area contributed by atoms with Crippen LogP contribution in [0.25, 0.3) is 0 Å². The average Bonchev–Trinajstić information content (AvgIpc) is 3.15. The van der Waals surface area contributed by atoms with Crippen LogP contribution in [0.4, 0.5) is 0 Å². The molecule has 0 heterocycles. The molecule has 0 fully saturated rings. The largest absolute Gasteiger partial charge is 0.480 e. The lowest BCUT2D eigenvalue weighted by molar-refractivity contribution is -0.141. The molecule has 0 aliphatic heterocycles. The fraction of sp³-hybridized carbons (Fsp3) is 0.395. The Balaban J connectivity index is 1.92. The van der Waals surface area contributed by atoms with E-state index in [0.29, 0.717) is 11.1 Å². The van der Waals surface area contributed by atoms with Gasteiger partial charge in [-0.2, -0.15) is 0 Å². The van der Waals surface area contributed by atoms with Crippen LogP contribution in [0.2, 0.25) is 0 Å². The van der Waals surface area contributed by atoms with Crippen LogP contribution in [-0.2, 0) is 49.6 Å². The summed E-state index contributed by atoms with van der Waals surface area (Å²) in [5.41, 5.74) is 6.49. The summed E-state index contributed by atoms with van der Waals surface area (Å²) in [6.45, 7) is 6.98. The number of rotatable bonds is 21. The van der Waals surface area contributed by atoms with Gasteiger partial charge in [-0.05, 0) is 29.9 Å². The van der Waals surface area contributed by atoms with Gasteiger partial charge in [0.1, 0.15) is 30.2 Å². The minimum absolute atomic E-state index is 0.0294. The Kier molecular flexibility index (Phi) is 18.4. The molecular weight excluding hydrogens is 728 g/mol. The number of carboxylic acids is 1. The van der Waals surface area contributed by atoms with Crippen molar-refractivity contribution < 1.29 is 48.3 Å². The van der Waals surface area contributed by atoms with Crippen LogP contribution < -0.4 is 43.0 Å². The van der Waals surface area contributed by atoms with E-state index in [2.05, 4.69) is 37.2 Å². The molecule has 10 N–H and O–H groups in total. The highest BCUT2D eigenvalue weighted by Crippen LogP contribution is 2.15. The lowest BCUT2D eigenvalue weighted by Crippen LogP contribution is -2.57. The molecular formula is C38H50N8O10. The number of hydrogen-bond acceptors (Lipinski definition) is 9. The summed E-state index contributed by atoms with van der Waals surface area (Å²) in [6.07, 6.45) is 1.65. The Morgan fingerprint density at radius 3 is 1.70 bits per heavy atom. The maximum atomic E-state index is 13.6. The molecule has 0 saturated heterocycles. The summed E-state index contributed by atoms with van der Waals surface area (Å²) in [5, 5.41) is 26.4. The molecule has 18 heteroatoms. The summed E-state index contributed by atoms with van der Waals surface area (Å²) in [7, 11) is 0. The highest BCUT2D eigenvalue weighted by Gasteiger charge is 2.33. The van der Waals surface area contributed by atoms with E-state index in [1.165, 1.54) is 6.92 Å². The van der Waals surface area contributed by atoms with Crippen molar-refractivity contribution in [3.63, 3.8) is 0 Å². The number of nitrogens with one attached hydrogen (secondary N) is 7. The van der Waals surface area contributed by atoms with Gasteiger partial charge in [0.15, 0.2) is 0 Å². The van der Waals surface area contributed by atoms with Crippen LogP contribution in [-0.4, -0.2) is 95.6 Å². The van der Waals surface area contributed by atoms with E-state index in [4.69, 9.17) is 5.73 Å². The van der Waals surface area contributed by atoms with Crippen molar-refractivity contribution in [3.8, 4) is 0 Å². The SMILES string of the molecule is CC(C)[C@H](NC(=O)[C@@H](NC(=O)[C@@H](NC(=O)[C@H](C)NC(=O)/C=C/C(=O)NCC(=O)NCC(=O)N[C@@H](Cc1ccccc1)C(=O)O)c1ccccc1)C(C)C)C(N)=O. The van der Waals surface area contributed by atoms with Gasteiger partial charge >= 0.3 is 5.97 Å². The zero-order valence-corrected chi connectivity index (χ0v) is 31.8. The van der Waals surface area contributed by atoms with Crippen molar-refractivity contribution in [3.05, 3.63) is 83.9 Å². The quantitative estimate of drug-likeness (QED) is 0.0677. The Labute approximate surface area is 324 Å². The summed E-state index contributed by atoms with van der Waals surface area (Å²) in [5.74, 6) is -8.16. The minimum atomic E-state index is -1.31. The first-order valence-corrected chi connectivity index (χ1v) is 17.7. The fourth-order valence-electron chi connectivity index (χ4n) is 5.04. The number of carbonyl (C=O) groups is 9. The molecule has 0 bridgehead atoms. The third kappa shape index (κ3) is 15.8. The Morgan fingerprint density at radius 1 is 0.607 bits per heavy atom. The Hall–Kier alpha value is -6.59. The monoisotopic (exact) mass is 778 g/mol. The van der Waals surface area contributed by atoms with E-state index < -0.39 is 102 Å². The summed E-state index contributed by atoms with van der Waals surface area (Å²) >= 11 is 0. The first-order valence-electron chi connectivity index (χ1n) is 17.7. The molecule has 2 aromatic rings. The predicted octanol–water partition coefficient (Wildman–Crippen LogP) is -1.28. The van der Waals surface area contributed by atoms with E-state index in [1.54, 1.807) is 88.4 Å². The molecule has 2 rings (SSSR count). The van der Waals surface area contributed by atoms with Crippen LogP contribution >= 0.6 is 0 Å². The van der Waals surface area contributed by atoms with Crippen LogP contribution in [0, 0.1) is 11.8 Å². The zero-order chi connectivity index (χ0) is 41.9. The van der Waals surface area contributed by atoms with Crippen LogP contribution in [0.3, 0.4) is 0 Å². The predicted molar refractivity (Wildman–Crippen MR) is 203 cm³/mol. The van der Waals surface area contributed by atoms with Crippen molar-refractivity contribution in [1.29, 1.82) is 0 Å². The number of carboxylic acid groups (broad SMARTS) is 1. The molecule has 8 amide bonds. The molecule has 0 aliphatic carbocycles. The zero-order valence-electron chi connectivity index (χ0n) is 31.8. The van der Waals surface area contributed by atoms with Crippen molar-refractivity contribution in [2.75, 3.05) is 13.1 Å². The van der Waals surface area contributed by atoms with E-state index >= 15 is 0 Å². The normalized spacial score (nSPS) is 13.6. The maximum Gasteiger partial charge on any atom is 0.326 e. The topological polar surface area (TPSA) is 284 Å². The molecule has 0 radical (unpaired) electrons. The van der Waals surface area contributed by atoms with E-state index in [-0.39, 0.29) is 12.3 Å². The molecule has 0 spiro atoms. The molecule has 56 heavy (non-hydrogen) atoms. The van der Waals surface area contributed by atoms with Gasteiger partial charge in [0.25, 0.3) is 0 Å². The number of hydrogen-bond donors (Lipinski definition) is 9. The van der Waals surface area contributed by atoms with E-state index in [0.717, 1.165) is 12.2 Å². The number of benzene rings is 2. The molecule has 0 saturated carbocycles. The van der Waals surface area contributed by atoms with E-state index in [1.807, 2.05) is 0 Å². The lowest BCUT2D eigenvalue weighted by atomic mass is 9.98. The first-order chi connectivity index (χ1) is 26.4. The minimum Gasteiger partial charge on any atom is -0.480 e. The van der Waals surface area contributed by atoms with Gasteiger partial charge in [-0.15, -0.1) is 0 Å². The molecule has 18 nitrogen and oxygen atoms in total. The van der Waals surface area contributed by atoms with E-state index in [9.17, 15) is 48.3 Å². The third-order valence-corrected chi connectivity index (χ3v) is 8.12. The van der Waals surface area contributed by atoms with Gasteiger partial charge in [-0.25, -0.2) is 4.79 Å². The Morgan fingerprint density at radius 2 is 1.14 bits per heavy atom. The smallest absolute Gasteiger partial charge is 0.326 e. The number of carbonyl (C=O) groups excluding carboxylic acids is 8. The van der Waals surface area contributed by atoms with Gasteiger partial charge in [-0.1, -0.05) is 88.4 Å². The van der Waals surface area contributed by atoms with Crippen LogP contribution in [0.1, 0.15) is 51.8 Å². The van der Waals surface area contributed by atoms with Gasteiger partial charge in [0.05, 0.1) is 13.1 Å². The molecule has 0 aromatic heterocycles. The lowest BCUT2D eigenvalue weighted by Gasteiger charge is -2.28. The van der Waals surface area contributed by atoms with Crippen molar-refractivity contribution in [2.24, 2.45) is 17.6 Å². The number of aliphatic carboxylic acids is 1. The van der Waals surface area contributed by atoms with Gasteiger partial charge in [0.2, 0.25) is 47.3 Å². The van der Waals surface area contributed by atoms with Gasteiger partial charge < -0.3 is 48.1 Å². The second kappa shape index (κ2) is 22.6. The number of amides is 8. The van der Waals surface area contributed by atoms with Crippen molar-refractivity contribution in [2.45, 2.75) is 71.2 Å². The number of primary amides is 1. The molecule has 302 valence electrons. The molecule has 2 aromatic carbocycles. The third-order valence-electron chi connectivity index (χ3n) is 8.12. The van der Waals surface area contributed by atoms with Gasteiger partial charge in [0, 0.05) is 18.6 Å². The first kappa shape index (κ1) is 45.6. The second-order valence-electron chi connectivity index (χ2n) is 13.4. The summed E-state index contributed by atoms with van der Waals surface area (Å²) in [4.78, 5) is 112. The fourth-order valence-corrected chi connectivity index (χ4v) is 5.04. The standard InChI is InChI=1S/C38H50N8O10/c1-21(2)31(34(39)51)44-36(53)32(22(3)4)45-37(54)33(25-14-10-7-11-15-25)46-35(52)23(5)42-28(48)17-16-27(47)40-19-29(49)41-20-30(50)43-26(38(55)56)18-24-12-8-6-9-13-24/h6-17,21-23,26,31-33H,18-20H2,1-5H3,(H2,39,51)(H,40,47)(H,41,49)(H,42,48)(H,43,50)(H,44,53)(H,45,54)(H,46,52)(H,55,56)/b17-16+/t23-,26-,31-,32-,33-/m0/s1. The second-order valence-corrected chi connectivity index (χ2v) is 13.4. The molecule has 5 atom stereocenters. The Bertz CT molecular complexity index is 1750. The van der Waals surface area contributed by atoms with Crippen molar-refractivity contribution in [1.82, 2.24) is 37.2 Å². The summed E-state index contributed by atoms with van der Waals surface area (Å²) in [6, 6.07) is 10.9. The highest BCUT2D eigenvalue weighted by molar-refractivity contribution is 6.00. The molecule has 0 unspecified atom stereocenters.